The number of hydrogen-bond donors (Lipinski definition) is 1. The molecule has 2 aliphatic heterocycles. The van der Waals surface area contributed by atoms with Crippen molar-refractivity contribution in [1.29, 1.82) is 0 Å². The average Bonchev–Trinajstić information content (AvgIpc) is 3.10. The minimum absolute atomic E-state index is 0.170. The highest BCUT2D eigenvalue weighted by Crippen LogP contribution is 2.21. The molecule has 156 valence electrons. The first-order valence-electron chi connectivity index (χ1n) is 10.1. The molecule has 0 aliphatic carbocycles. The Kier molecular flexibility index (Phi) is 5.54. The van der Waals surface area contributed by atoms with Crippen molar-refractivity contribution in [2.45, 2.75) is 6.92 Å². The normalized spacial score (nSPS) is 17.1. The predicted octanol–water partition coefficient (Wildman–Crippen LogP) is 1.44. The van der Waals surface area contributed by atoms with Gasteiger partial charge in [0.15, 0.2) is 0 Å². The number of pyridine rings is 2. The number of rotatable bonds is 5. The van der Waals surface area contributed by atoms with E-state index in [-0.39, 0.29) is 5.56 Å². The van der Waals surface area contributed by atoms with E-state index in [0.717, 1.165) is 38.4 Å². The van der Waals surface area contributed by atoms with E-state index in [4.69, 9.17) is 9.31 Å². The van der Waals surface area contributed by atoms with Gasteiger partial charge in [0.05, 0.1) is 11.9 Å². The van der Waals surface area contributed by atoms with E-state index in [0.29, 0.717) is 28.5 Å². The van der Waals surface area contributed by atoms with Gasteiger partial charge in [-0.1, -0.05) is 20.1 Å². The van der Waals surface area contributed by atoms with Crippen molar-refractivity contribution in [3.05, 3.63) is 65.6 Å². The SMILES string of the molecule is C=C1OB(c2cc(Nc3ccc(N4CCN(CC)CC4)cn3)c(=O)n(C)c2)OC1=C. The van der Waals surface area contributed by atoms with E-state index in [1.807, 2.05) is 18.3 Å². The number of aromatic nitrogens is 2. The zero-order valence-electron chi connectivity index (χ0n) is 17.4. The van der Waals surface area contributed by atoms with Gasteiger partial charge in [-0.25, -0.2) is 4.98 Å². The van der Waals surface area contributed by atoms with Crippen LogP contribution in [-0.2, 0) is 16.4 Å². The maximum atomic E-state index is 12.6. The Morgan fingerprint density at radius 1 is 1.17 bits per heavy atom. The van der Waals surface area contributed by atoms with Crippen LogP contribution in [0.3, 0.4) is 0 Å². The summed E-state index contributed by atoms with van der Waals surface area (Å²) >= 11 is 0. The van der Waals surface area contributed by atoms with Gasteiger partial charge in [-0.15, -0.1) is 0 Å². The molecule has 1 N–H and O–H groups in total. The summed E-state index contributed by atoms with van der Waals surface area (Å²) in [6.07, 6.45) is 3.52. The number of piperazine rings is 1. The van der Waals surface area contributed by atoms with Crippen molar-refractivity contribution >= 4 is 29.8 Å². The Morgan fingerprint density at radius 3 is 2.47 bits per heavy atom. The molecular formula is C21H26BN5O3. The summed E-state index contributed by atoms with van der Waals surface area (Å²) < 4.78 is 12.6. The van der Waals surface area contributed by atoms with Gasteiger partial charge >= 0.3 is 7.12 Å². The maximum absolute atomic E-state index is 12.6. The molecule has 2 saturated heterocycles. The van der Waals surface area contributed by atoms with Crippen LogP contribution in [0.4, 0.5) is 17.2 Å². The topological polar surface area (TPSA) is 71.9 Å². The van der Waals surface area contributed by atoms with Crippen molar-refractivity contribution in [2.24, 2.45) is 7.05 Å². The van der Waals surface area contributed by atoms with Gasteiger partial charge in [0.25, 0.3) is 5.56 Å². The number of nitrogens with zero attached hydrogens (tertiary/aromatic N) is 4. The molecule has 2 aliphatic rings. The monoisotopic (exact) mass is 407 g/mol. The molecule has 0 aromatic carbocycles. The van der Waals surface area contributed by atoms with E-state index in [1.165, 1.54) is 4.57 Å². The molecule has 2 fully saturated rings. The Balaban J connectivity index is 1.49. The van der Waals surface area contributed by atoms with Crippen LogP contribution in [-0.4, -0.2) is 54.3 Å². The molecule has 0 saturated carbocycles. The molecule has 2 aromatic heterocycles. The lowest BCUT2D eigenvalue weighted by atomic mass is 9.80. The van der Waals surface area contributed by atoms with Gasteiger partial charge in [-0.3, -0.25) is 4.79 Å². The molecule has 0 radical (unpaired) electrons. The number of likely N-dealkylation sites (N-methyl/N-ethyl adjacent to an activating group) is 1. The van der Waals surface area contributed by atoms with Crippen molar-refractivity contribution in [2.75, 3.05) is 42.9 Å². The third kappa shape index (κ3) is 4.06. The van der Waals surface area contributed by atoms with Crippen LogP contribution < -0.4 is 21.2 Å². The Morgan fingerprint density at radius 2 is 1.87 bits per heavy atom. The molecular weight excluding hydrogens is 381 g/mol. The first-order chi connectivity index (χ1) is 14.4. The molecule has 0 atom stereocenters. The van der Waals surface area contributed by atoms with Crippen LogP contribution in [0.25, 0.3) is 0 Å². The Labute approximate surface area is 176 Å². The standard InChI is InChI=1S/C21H26BN5O3/c1-5-26-8-10-27(11-9-26)18-6-7-20(23-13-18)24-19-12-17(14-25(4)21(19)28)22-29-15(2)16(3)30-22/h6-7,12-14H,2-3,5,8-11H2,1,4H3,(H,23,24). The minimum atomic E-state index is -0.672. The fraction of sp³-hybridized carbons (Fsp3) is 0.333. The van der Waals surface area contributed by atoms with Crippen molar-refractivity contribution in [3.8, 4) is 0 Å². The summed E-state index contributed by atoms with van der Waals surface area (Å²) in [4.78, 5) is 21.9. The molecule has 9 heteroatoms. The second kappa shape index (κ2) is 8.27. The van der Waals surface area contributed by atoms with Crippen LogP contribution in [0.2, 0.25) is 0 Å². The highest BCUT2D eigenvalue weighted by atomic mass is 16.6. The number of nitrogens with one attached hydrogen (secondary N) is 1. The lowest BCUT2D eigenvalue weighted by molar-refractivity contribution is 0.271. The van der Waals surface area contributed by atoms with Crippen LogP contribution in [0, 0.1) is 0 Å². The zero-order chi connectivity index (χ0) is 21.3. The van der Waals surface area contributed by atoms with Gasteiger partial charge in [-0.05, 0) is 24.7 Å². The lowest BCUT2D eigenvalue weighted by Gasteiger charge is -2.35. The number of hydrogen-bond acceptors (Lipinski definition) is 7. The number of aryl methyl sites for hydroxylation is 1. The van der Waals surface area contributed by atoms with Crippen molar-refractivity contribution < 1.29 is 9.31 Å². The summed E-state index contributed by atoms with van der Waals surface area (Å²) in [6.45, 7) is 14.9. The summed E-state index contributed by atoms with van der Waals surface area (Å²) in [5, 5.41) is 3.12. The molecule has 0 unspecified atom stereocenters. The van der Waals surface area contributed by atoms with Gasteiger partial charge < -0.3 is 29.0 Å². The maximum Gasteiger partial charge on any atom is 0.634 e. The minimum Gasteiger partial charge on any atom is -0.520 e. The van der Waals surface area contributed by atoms with Crippen molar-refractivity contribution in [1.82, 2.24) is 14.5 Å². The van der Waals surface area contributed by atoms with Crippen LogP contribution >= 0.6 is 0 Å². The summed E-state index contributed by atoms with van der Waals surface area (Å²) in [5.74, 6) is 1.38. The van der Waals surface area contributed by atoms with Gasteiger partial charge in [0, 0.05) is 44.9 Å². The van der Waals surface area contributed by atoms with Crippen LogP contribution in [0.5, 0.6) is 0 Å². The molecule has 0 bridgehead atoms. The fourth-order valence-electron chi connectivity index (χ4n) is 3.61. The van der Waals surface area contributed by atoms with Gasteiger partial charge in [0.1, 0.15) is 23.0 Å². The third-order valence-electron chi connectivity index (χ3n) is 5.48. The molecule has 4 heterocycles. The van der Waals surface area contributed by atoms with Gasteiger partial charge in [-0.2, -0.15) is 0 Å². The molecule has 0 spiro atoms. The van der Waals surface area contributed by atoms with E-state index >= 15 is 0 Å². The Hall–Kier alpha value is -3.20. The van der Waals surface area contributed by atoms with E-state index in [1.54, 1.807) is 19.3 Å². The largest absolute Gasteiger partial charge is 0.634 e. The average molecular weight is 407 g/mol. The third-order valence-corrected chi connectivity index (χ3v) is 5.48. The summed E-state index contributed by atoms with van der Waals surface area (Å²) in [5.41, 5.74) is 1.99. The highest BCUT2D eigenvalue weighted by Gasteiger charge is 2.35. The smallest absolute Gasteiger partial charge is 0.520 e. The van der Waals surface area contributed by atoms with E-state index in [2.05, 4.69) is 40.2 Å². The molecule has 0 amide bonds. The second-order valence-electron chi connectivity index (χ2n) is 7.47. The first kappa shape index (κ1) is 20.1. The second-order valence-corrected chi connectivity index (χ2v) is 7.47. The van der Waals surface area contributed by atoms with E-state index < -0.39 is 7.12 Å². The quantitative estimate of drug-likeness (QED) is 0.752. The lowest BCUT2D eigenvalue weighted by Crippen LogP contribution is -2.46. The number of anilines is 3. The Bertz CT molecular complexity index is 996. The van der Waals surface area contributed by atoms with Gasteiger partial charge in [0.2, 0.25) is 0 Å². The summed E-state index contributed by atoms with van der Waals surface area (Å²) in [6, 6.07) is 5.63. The summed E-state index contributed by atoms with van der Waals surface area (Å²) in [7, 11) is 1.01. The van der Waals surface area contributed by atoms with Crippen molar-refractivity contribution in [3.63, 3.8) is 0 Å². The fourth-order valence-corrected chi connectivity index (χ4v) is 3.61. The molecule has 4 rings (SSSR count). The first-order valence-corrected chi connectivity index (χ1v) is 10.1. The van der Waals surface area contributed by atoms with E-state index in [9.17, 15) is 4.79 Å². The van der Waals surface area contributed by atoms with Crippen LogP contribution in [0.1, 0.15) is 6.92 Å². The predicted molar refractivity (Wildman–Crippen MR) is 119 cm³/mol. The molecule has 8 nitrogen and oxygen atoms in total. The van der Waals surface area contributed by atoms with Crippen LogP contribution in [0.15, 0.2) is 60.1 Å². The highest BCUT2D eigenvalue weighted by molar-refractivity contribution is 6.62. The zero-order valence-corrected chi connectivity index (χ0v) is 17.4. The molecule has 2 aromatic rings. The molecule has 30 heavy (non-hydrogen) atoms.